The van der Waals surface area contributed by atoms with E-state index < -0.39 is 5.97 Å². The van der Waals surface area contributed by atoms with Crippen molar-refractivity contribution in [3.63, 3.8) is 0 Å². The predicted molar refractivity (Wildman–Crippen MR) is 69.1 cm³/mol. The second-order valence-corrected chi connectivity index (χ2v) is 4.08. The van der Waals surface area contributed by atoms with Crippen molar-refractivity contribution in [2.75, 3.05) is 0 Å². The number of aryl methyl sites for hydroxylation is 2. The summed E-state index contributed by atoms with van der Waals surface area (Å²) in [5, 5.41) is 4.72. The van der Waals surface area contributed by atoms with Crippen LogP contribution in [0.5, 0.6) is 5.88 Å². The largest absolute Gasteiger partial charge is 0.404 e. The van der Waals surface area contributed by atoms with Crippen molar-refractivity contribution < 1.29 is 9.53 Å². The fourth-order valence-corrected chi connectivity index (χ4v) is 2.02. The summed E-state index contributed by atoms with van der Waals surface area (Å²) in [6.45, 7) is 4.33. The van der Waals surface area contributed by atoms with Gasteiger partial charge < -0.3 is 4.74 Å². The number of ether oxygens (including phenoxy) is 1. The molecule has 0 unspecified atom stereocenters. The van der Waals surface area contributed by atoms with Gasteiger partial charge in [0.15, 0.2) is 0 Å². The van der Waals surface area contributed by atoms with Crippen LogP contribution < -0.4 is 4.74 Å². The van der Waals surface area contributed by atoms with Gasteiger partial charge in [0.2, 0.25) is 5.88 Å². The van der Waals surface area contributed by atoms with E-state index in [0.29, 0.717) is 22.8 Å². The first-order valence-electron chi connectivity index (χ1n) is 5.53. The molecule has 0 aliphatic rings. The predicted octanol–water partition coefficient (Wildman–Crippen LogP) is 2.11. The Balaban J connectivity index is 2.27. The van der Waals surface area contributed by atoms with Crippen LogP contribution in [0.3, 0.4) is 0 Å². The van der Waals surface area contributed by atoms with Crippen molar-refractivity contribution in [3.05, 3.63) is 35.7 Å². The summed E-state index contributed by atoms with van der Waals surface area (Å²) in [6.07, 6.45) is 1.56. The summed E-state index contributed by atoms with van der Waals surface area (Å²) in [7, 11) is 0. The van der Waals surface area contributed by atoms with Crippen LogP contribution in [0.15, 0.2) is 29.4 Å². The van der Waals surface area contributed by atoms with Gasteiger partial charge in [-0.15, -0.1) is 12.6 Å². The highest BCUT2D eigenvalue weighted by molar-refractivity contribution is 7.80. The molecule has 0 spiro atoms. The van der Waals surface area contributed by atoms with Crippen LogP contribution in [0, 0.1) is 6.92 Å². The van der Waals surface area contributed by atoms with Crippen molar-refractivity contribution in [1.82, 2.24) is 14.8 Å². The maximum absolute atomic E-state index is 12.0. The number of esters is 1. The number of thiol groups is 1. The third-order valence-corrected chi connectivity index (χ3v) is 2.89. The van der Waals surface area contributed by atoms with Gasteiger partial charge in [-0.05, 0) is 19.9 Å². The number of hydrogen-bond acceptors (Lipinski definition) is 5. The zero-order valence-corrected chi connectivity index (χ0v) is 11.0. The zero-order chi connectivity index (χ0) is 13.1. The third kappa shape index (κ3) is 2.38. The molecule has 2 aromatic rings. The lowest BCUT2D eigenvalue weighted by molar-refractivity contribution is 0.0722. The Hall–Kier alpha value is -1.82. The molecule has 18 heavy (non-hydrogen) atoms. The highest BCUT2D eigenvalue weighted by atomic mass is 32.1. The molecule has 2 rings (SSSR count). The quantitative estimate of drug-likeness (QED) is 0.680. The van der Waals surface area contributed by atoms with Crippen molar-refractivity contribution in [2.45, 2.75) is 25.4 Å². The summed E-state index contributed by atoms with van der Waals surface area (Å²) in [5.74, 6) is -0.227. The van der Waals surface area contributed by atoms with E-state index in [1.807, 2.05) is 6.92 Å². The van der Waals surface area contributed by atoms with Crippen LogP contribution in [0.25, 0.3) is 0 Å². The summed E-state index contributed by atoms with van der Waals surface area (Å²) in [4.78, 5) is 16.0. The van der Waals surface area contributed by atoms with E-state index in [2.05, 4.69) is 22.7 Å². The molecule has 0 atom stereocenters. The maximum atomic E-state index is 12.0. The van der Waals surface area contributed by atoms with Gasteiger partial charge in [0, 0.05) is 18.8 Å². The Labute approximate surface area is 110 Å². The summed E-state index contributed by atoms with van der Waals surface area (Å²) in [5.41, 5.74) is 0.980. The van der Waals surface area contributed by atoms with Gasteiger partial charge in [-0.3, -0.25) is 4.68 Å². The van der Waals surface area contributed by atoms with Crippen molar-refractivity contribution in [3.8, 4) is 5.88 Å². The Bertz CT molecular complexity index is 566. The van der Waals surface area contributed by atoms with E-state index in [4.69, 9.17) is 4.74 Å². The first kappa shape index (κ1) is 12.6. The molecule has 2 heterocycles. The molecule has 2 aromatic heterocycles. The van der Waals surface area contributed by atoms with Crippen LogP contribution in [-0.2, 0) is 6.54 Å². The van der Waals surface area contributed by atoms with Gasteiger partial charge in [-0.2, -0.15) is 5.10 Å². The number of hydrogen-bond donors (Lipinski definition) is 1. The molecular weight excluding hydrogens is 250 g/mol. The molecule has 5 nitrogen and oxygen atoms in total. The van der Waals surface area contributed by atoms with E-state index in [-0.39, 0.29) is 5.88 Å². The number of aromatic nitrogens is 3. The lowest BCUT2D eigenvalue weighted by Gasteiger charge is -2.03. The number of carbonyl (C=O) groups is 1. The Kier molecular flexibility index (Phi) is 3.66. The Morgan fingerprint density at radius 1 is 1.50 bits per heavy atom. The van der Waals surface area contributed by atoms with Crippen molar-refractivity contribution in [2.24, 2.45) is 0 Å². The van der Waals surface area contributed by atoms with Crippen LogP contribution >= 0.6 is 12.6 Å². The minimum atomic E-state index is -0.490. The molecule has 6 heteroatoms. The van der Waals surface area contributed by atoms with Gasteiger partial charge in [0.05, 0.1) is 5.69 Å². The molecule has 0 N–H and O–H groups in total. The molecule has 0 fully saturated rings. The molecular formula is C12H13N3O2S. The van der Waals surface area contributed by atoms with Gasteiger partial charge in [-0.25, -0.2) is 9.78 Å². The average molecular weight is 263 g/mol. The third-order valence-electron chi connectivity index (χ3n) is 2.44. The molecule has 0 aromatic carbocycles. The Morgan fingerprint density at radius 2 is 2.28 bits per heavy atom. The normalized spacial score (nSPS) is 10.4. The zero-order valence-electron chi connectivity index (χ0n) is 10.1. The van der Waals surface area contributed by atoms with E-state index in [0.717, 1.165) is 0 Å². The fraction of sp³-hybridized carbons (Fsp3) is 0.250. The van der Waals surface area contributed by atoms with E-state index >= 15 is 0 Å². The molecule has 0 aliphatic carbocycles. The highest BCUT2D eigenvalue weighted by Gasteiger charge is 2.21. The first-order chi connectivity index (χ1) is 8.63. The minimum absolute atomic E-state index is 0.263. The molecule has 94 valence electrons. The monoisotopic (exact) mass is 263 g/mol. The first-order valence-corrected chi connectivity index (χ1v) is 5.97. The van der Waals surface area contributed by atoms with Crippen LogP contribution in [0.4, 0.5) is 0 Å². The second-order valence-electron chi connectivity index (χ2n) is 3.66. The minimum Gasteiger partial charge on any atom is -0.404 e. The van der Waals surface area contributed by atoms with Crippen LogP contribution in [0.2, 0.25) is 0 Å². The molecule has 0 amide bonds. The summed E-state index contributed by atoms with van der Waals surface area (Å²) >= 11 is 4.30. The van der Waals surface area contributed by atoms with Crippen LogP contribution in [0.1, 0.15) is 23.0 Å². The standard InChI is InChI=1S/C12H13N3O2S/c1-3-15-11(18)10(8(2)14-15)12(16)17-9-6-4-5-7-13-9/h4-7,18H,3H2,1-2H3. The summed E-state index contributed by atoms with van der Waals surface area (Å²) in [6, 6.07) is 5.12. The van der Waals surface area contributed by atoms with Crippen molar-refractivity contribution >= 4 is 18.6 Å². The number of carbonyl (C=O) groups excluding carboxylic acids is 1. The molecule has 0 radical (unpaired) electrons. The highest BCUT2D eigenvalue weighted by Crippen LogP contribution is 2.19. The molecule has 0 saturated carbocycles. The number of rotatable bonds is 3. The SMILES string of the molecule is CCn1nc(C)c(C(=O)Oc2ccccn2)c1S. The summed E-state index contributed by atoms with van der Waals surface area (Å²) < 4.78 is 6.81. The maximum Gasteiger partial charge on any atom is 0.349 e. The lowest BCUT2D eigenvalue weighted by Crippen LogP contribution is -2.11. The fourth-order valence-electron chi connectivity index (χ4n) is 1.58. The van der Waals surface area contributed by atoms with E-state index in [1.54, 1.807) is 36.0 Å². The number of pyridine rings is 1. The smallest absolute Gasteiger partial charge is 0.349 e. The number of nitrogens with zero attached hydrogens (tertiary/aromatic N) is 3. The van der Waals surface area contributed by atoms with Crippen molar-refractivity contribution in [1.29, 1.82) is 0 Å². The van der Waals surface area contributed by atoms with E-state index in [9.17, 15) is 4.79 Å². The second kappa shape index (κ2) is 5.22. The van der Waals surface area contributed by atoms with Crippen LogP contribution in [-0.4, -0.2) is 20.7 Å². The Morgan fingerprint density at radius 3 is 2.83 bits per heavy atom. The van der Waals surface area contributed by atoms with Gasteiger partial charge in [-0.1, -0.05) is 6.07 Å². The van der Waals surface area contributed by atoms with Gasteiger partial charge >= 0.3 is 5.97 Å². The molecule has 0 aliphatic heterocycles. The van der Waals surface area contributed by atoms with Gasteiger partial charge in [0.25, 0.3) is 0 Å². The van der Waals surface area contributed by atoms with E-state index in [1.165, 1.54) is 0 Å². The topological polar surface area (TPSA) is 57.0 Å². The molecule has 0 saturated heterocycles. The van der Waals surface area contributed by atoms with Gasteiger partial charge in [0.1, 0.15) is 10.6 Å². The lowest BCUT2D eigenvalue weighted by atomic mass is 10.3. The molecule has 0 bridgehead atoms. The average Bonchev–Trinajstić information content (AvgIpc) is 2.65.